The first-order valence-electron chi connectivity index (χ1n) is 6.06. The molecule has 0 aliphatic carbocycles. The minimum absolute atomic E-state index is 0. The number of nitrogens with zero attached hydrogens (tertiary/aromatic N) is 2. The second kappa shape index (κ2) is 9.45. The van der Waals surface area contributed by atoms with Crippen molar-refractivity contribution in [2.75, 3.05) is 13.2 Å². The summed E-state index contributed by atoms with van der Waals surface area (Å²) in [5, 5.41) is 7.60. The van der Waals surface area contributed by atoms with Crippen molar-refractivity contribution in [3.05, 3.63) is 18.0 Å². The zero-order valence-corrected chi connectivity index (χ0v) is 11.8. The van der Waals surface area contributed by atoms with E-state index in [1.54, 1.807) is 0 Å². The van der Waals surface area contributed by atoms with Crippen LogP contribution in [0.25, 0.3) is 0 Å². The summed E-state index contributed by atoms with van der Waals surface area (Å²) in [6.45, 7) is 9.86. The number of hydrogen-bond acceptors (Lipinski definition) is 3. The molecule has 0 aliphatic rings. The molecule has 4 nitrogen and oxygen atoms in total. The van der Waals surface area contributed by atoms with Gasteiger partial charge in [-0.25, -0.2) is 0 Å². The molecule has 1 heterocycles. The van der Waals surface area contributed by atoms with Crippen molar-refractivity contribution in [3.63, 3.8) is 0 Å². The maximum atomic E-state index is 5.46. The lowest BCUT2D eigenvalue weighted by atomic mass is 10.3. The van der Waals surface area contributed by atoms with Crippen LogP contribution in [0.4, 0.5) is 0 Å². The predicted molar refractivity (Wildman–Crippen MR) is 72.6 cm³/mol. The summed E-state index contributed by atoms with van der Waals surface area (Å²) < 4.78 is 7.40. The fourth-order valence-electron chi connectivity index (χ4n) is 1.42. The van der Waals surface area contributed by atoms with Gasteiger partial charge >= 0.3 is 0 Å². The molecule has 1 aromatic rings. The zero-order chi connectivity index (χ0) is 11.8. The number of hydrogen-bond donors (Lipinski definition) is 1. The Morgan fingerprint density at radius 1 is 1.47 bits per heavy atom. The van der Waals surface area contributed by atoms with E-state index in [1.807, 2.05) is 10.9 Å². The van der Waals surface area contributed by atoms with E-state index in [2.05, 4.69) is 37.4 Å². The molecule has 0 fully saturated rings. The highest BCUT2D eigenvalue weighted by Crippen LogP contribution is 1.97. The third-order valence-electron chi connectivity index (χ3n) is 2.29. The van der Waals surface area contributed by atoms with Crippen LogP contribution in [0.1, 0.15) is 32.8 Å². The smallest absolute Gasteiger partial charge is 0.0534 e. The molecule has 1 N–H and O–H groups in total. The highest BCUT2D eigenvalue weighted by atomic mass is 35.5. The van der Waals surface area contributed by atoms with Gasteiger partial charge in [0.1, 0.15) is 0 Å². The van der Waals surface area contributed by atoms with E-state index in [0.29, 0.717) is 6.10 Å². The Labute approximate surface area is 110 Å². The molecule has 1 rings (SSSR count). The normalized spacial score (nSPS) is 10.6. The monoisotopic (exact) mass is 261 g/mol. The van der Waals surface area contributed by atoms with Crippen molar-refractivity contribution in [3.8, 4) is 0 Å². The first-order valence-corrected chi connectivity index (χ1v) is 6.06. The topological polar surface area (TPSA) is 39.1 Å². The van der Waals surface area contributed by atoms with E-state index < -0.39 is 0 Å². The fourth-order valence-corrected chi connectivity index (χ4v) is 1.42. The summed E-state index contributed by atoms with van der Waals surface area (Å²) in [7, 11) is 0. The van der Waals surface area contributed by atoms with Crippen molar-refractivity contribution < 1.29 is 4.74 Å². The largest absolute Gasteiger partial charge is 0.379 e. The average Bonchev–Trinajstić information content (AvgIpc) is 2.70. The average molecular weight is 262 g/mol. The molecule has 0 amide bonds. The molecule has 0 radical (unpaired) electrons. The van der Waals surface area contributed by atoms with Gasteiger partial charge in [0.15, 0.2) is 0 Å². The number of aryl methyl sites for hydroxylation is 1. The first-order chi connectivity index (χ1) is 7.72. The van der Waals surface area contributed by atoms with Gasteiger partial charge < -0.3 is 10.1 Å². The quantitative estimate of drug-likeness (QED) is 0.730. The Morgan fingerprint density at radius 2 is 2.24 bits per heavy atom. The third-order valence-corrected chi connectivity index (χ3v) is 2.29. The van der Waals surface area contributed by atoms with E-state index in [1.165, 1.54) is 5.56 Å². The molecular formula is C12H24ClN3O. The Kier molecular flexibility index (Phi) is 9.13. The highest BCUT2D eigenvalue weighted by Gasteiger charge is 1.97. The van der Waals surface area contributed by atoms with Crippen molar-refractivity contribution in [2.24, 2.45) is 0 Å². The van der Waals surface area contributed by atoms with Crippen LogP contribution in [0.2, 0.25) is 0 Å². The molecule has 0 saturated heterocycles. The molecule has 0 unspecified atom stereocenters. The van der Waals surface area contributed by atoms with Crippen LogP contribution >= 0.6 is 12.4 Å². The number of nitrogens with one attached hydrogen (secondary N) is 1. The lowest BCUT2D eigenvalue weighted by molar-refractivity contribution is 0.0770. The van der Waals surface area contributed by atoms with Crippen LogP contribution in [0, 0.1) is 0 Å². The van der Waals surface area contributed by atoms with Gasteiger partial charge in [-0.1, -0.05) is 0 Å². The zero-order valence-electron chi connectivity index (χ0n) is 11.0. The summed E-state index contributed by atoms with van der Waals surface area (Å²) in [5.41, 5.74) is 1.24. The van der Waals surface area contributed by atoms with Gasteiger partial charge in [-0.3, -0.25) is 4.68 Å². The van der Waals surface area contributed by atoms with Gasteiger partial charge in [0, 0.05) is 31.5 Å². The molecule has 0 spiro atoms. The maximum Gasteiger partial charge on any atom is 0.0534 e. The van der Waals surface area contributed by atoms with E-state index >= 15 is 0 Å². The Balaban J connectivity index is 0.00000256. The van der Waals surface area contributed by atoms with Gasteiger partial charge in [-0.15, -0.1) is 12.4 Å². The van der Waals surface area contributed by atoms with Crippen LogP contribution in [0.3, 0.4) is 0 Å². The number of aromatic nitrogens is 2. The Hall–Kier alpha value is -0.580. The van der Waals surface area contributed by atoms with Crippen LogP contribution in [0.15, 0.2) is 12.4 Å². The number of ether oxygens (including phenoxy) is 1. The molecule has 0 atom stereocenters. The van der Waals surface area contributed by atoms with Crippen molar-refractivity contribution in [2.45, 2.75) is 46.4 Å². The predicted octanol–water partition coefficient (Wildman–Crippen LogP) is 2.23. The lowest BCUT2D eigenvalue weighted by Crippen LogP contribution is -2.17. The third kappa shape index (κ3) is 7.36. The molecule has 0 aliphatic heterocycles. The van der Waals surface area contributed by atoms with Gasteiger partial charge in [-0.05, 0) is 33.7 Å². The van der Waals surface area contributed by atoms with Gasteiger partial charge in [0.25, 0.3) is 0 Å². The van der Waals surface area contributed by atoms with E-state index in [-0.39, 0.29) is 12.4 Å². The van der Waals surface area contributed by atoms with E-state index in [0.717, 1.165) is 32.7 Å². The molecule has 0 bridgehead atoms. The molecule has 1 aromatic heterocycles. The molecule has 0 aromatic carbocycles. The SMILES string of the molecule is CCn1cc(CNCCCOC(C)C)cn1.Cl. The van der Waals surface area contributed by atoms with Crippen LogP contribution < -0.4 is 5.32 Å². The second-order valence-electron chi connectivity index (χ2n) is 4.15. The Morgan fingerprint density at radius 3 is 2.82 bits per heavy atom. The summed E-state index contributed by atoms with van der Waals surface area (Å²) in [4.78, 5) is 0. The fraction of sp³-hybridized carbons (Fsp3) is 0.750. The van der Waals surface area contributed by atoms with E-state index in [4.69, 9.17) is 4.74 Å². The molecule has 5 heteroatoms. The van der Waals surface area contributed by atoms with Crippen LogP contribution in [-0.2, 0) is 17.8 Å². The molecule has 17 heavy (non-hydrogen) atoms. The van der Waals surface area contributed by atoms with Crippen LogP contribution in [-0.4, -0.2) is 29.0 Å². The molecule has 0 saturated carbocycles. The van der Waals surface area contributed by atoms with Crippen molar-refractivity contribution in [1.82, 2.24) is 15.1 Å². The lowest BCUT2D eigenvalue weighted by Gasteiger charge is -2.07. The minimum Gasteiger partial charge on any atom is -0.379 e. The first kappa shape index (κ1) is 16.4. The maximum absolute atomic E-state index is 5.46. The standard InChI is InChI=1S/C12H23N3O.ClH/c1-4-15-10-12(9-14-15)8-13-6-5-7-16-11(2)3;/h9-11,13H,4-8H2,1-3H3;1H. The highest BCUT2D eigenvalue weighted by molar-refractivity contribution is 5.85. The summed E-state index contributed by atoms with van der Waals surface area (Å²) in [5.74, 6) is 0. The van der Waals surface area contributed by atoms with Crippen molar-refractivity contribution in [1.29, 1.82) is 0 Å². The van der Waals surface area contributed by atoms with Crippen LogP contribution in [0.5, 0.6) is 0 Å². The molecular weight excluding hydrogens is 238 g/mol. The minimum atomic E-state index is 0. The number of rotatable bonds is 8. The van der Waals surface area contributed by atoms with Crippen molar-refractivity contribution >= 4 is 12.4 Å². The summed E-state index contributed by atoms with van der Waals surface area (Å²) in [6, 6.07) is 0. The number of halogens is 1. The summed E-state index contributed by atoms with van der Waals surface area (Å²) >= 11 is 0. The van der Waals surface area contributed by atoms with Gasteiger partial charge in [0.05, 0.1) is 12.3 Å². The van der Waals surface area contributed by atoms with E-state index in [9.17, 15) is 0 Å². The van der Waals surface area contributed by atoms with Gasteiger partial charge in [-0.2, -0.15) is 5.10 Å². The van der Waals surface area contributed by atoms with Gasteiger partial charge in [0.2, 0.25) is 0 Å². The molecule has 100 valence electrons. The Bertz CT molecular complexity index is 289. The summed E-state index contributed by atoms with van der Waals surface area (Å²) in [6.07, 6.45) is 5.39. The second-order valence-corrected chi connectivity index (χ2v) is 4.15.